The van der Waals surface area contributed by atoms with E-state index in [2.05, 4.69) is 27.1 Å². The Labute approximate surface area is 122 Å². The van der Waals surface area contributed by atoms with Crippen LogP contribution in [-0.4, -0.2) is 35.1 Å². The number of aromatic nitrogens is 2. The van der Waals surface area contributed by atoms with Gasteiger partial charge in [-0.25, -0.2) is 9.97 Å². The van der Waals surface area contributed by atoms with E-state index in [1.54, 1.807) is 0 Å². The van der Waals surface area contributed by atoms with Crippen molar-refractivity contribution in [3.63, 3.8) is 0 Å². The van der Waals surface area contributed by atoms with Crippen LogP contribution in [0.5, 0.6) is 0 Å². The molecule has 3 atom stereocenters. The number of nitrogens with one attached hydrogen (secondary N) is 1. The molecule has 3 rings (SSSR count). The quantitative estimate of drug-likeness (QED) is 0.920. The molecule has 20 heavy (non-hydrogen) atoms. The Morgan fingerprint density at radius 2 is 1.90 bits per heavy atom. The van der Waals surface area contributed by atoms with E-state index in [4.69, 9.17) is 0 Å². The summed E-state index contributed by atoms with van der Waals surface area (Å²) in [6, 6.07) is 3.20. The highest BCUT2D eigenvalue weighted by molar-refractivity contribution is 5.29. The van der Waals surface area contributed by atoms with Gasteiger partial charge in [-0.3, -0.25) is 0 Å². The lowest BCUT2D eigenvalue weighted by Gasteiger charge is -2.37. The van der Waals surface area contributed by atoms with Gasteiger partial charge in [-0.2, -0.15) is 0 Å². The van der Waals surface area contributed by atoms with E-state index in [1.165, 1.54) is 38.5 Å². The van der Waals surface area contributed by atoms with E-state index < -0.39 is 0 Å². The van der Waals surface area contributed by atoms with Gasteiger partial charge in [0.15, 0.2) is 0 Å². The van der Waals surface area contributed by atoms with Crippen LogP contribution in [0.2, 0.25) is 0 Å². The van der Waals surface area contributed by atoms with E-state index in [9.17, 15) is 0 Å². The van der Waals surface area contributed by atoms with Crippen molar-refractivity contribution < 1.29 is 0 Å². The second-order valence-electron chi connectivity index (χ2n) is 6.47. The maximum absolute atomic E-state index is 4.38. The van der Waals surface area contributed by atoms with Crippen LogP contribution in [0.4, 0.5) is 5.95 Å². The minimum atomic E-state index is 0.600. The highest BCUT2D eigenvalue weighted by Crippen LogP contribution is 2.25. The SMILES string of the molecule is CC1CCCC(NC2CCCN(c3ncccn3)C2)C1. The number of piperidine rings is 1. The summed E-state index contributed by atoms with van der Waals surface area (Å²) >= 11 is 0. The Morgan fingerprint density at radius 3 is 2.70 bits per heavy atom. The first-order valence-electron chi connectivity index (χ1n) is 8.09. The molecule has 3 unspecified atom stereocenters. The summed E-state index contributed by atoms with van der Waals surface area (Å²) in [5, 5.41) is 3.89. The largest absolute Gasteiger partial charge is 0.339 e. The molecule has 1 aromatic heterocycles. The second-order valence-corrected chi connectivity index (χ2v) is 6.47. The van der Waals surface area contributed by atoms with Gasteiger partial charge in [0.05, 0.1) is 0 Å². The van der Waals surface area contributed by atoms with Gasteiger partial charge in [0, 0.05) is 37.6 Å². The van der Waals surface area contributed by atoms with E-state index in [1.807, 2.05) is 18.5 Å². The van der Waals surface area contributed by atoms with Crippen LogP contribution in [0.1, 0.15) is 45.4 Å². The van der Waals surface area contributed by atoms with Crippen LogP contribution in [0.25, 0.3) is 0 Å². The Balaban J connectivity index is 1.55. The first-order chi connectivity index (χ1) is 9.81. The van der Waals surface area contributed by atoms with Crippen LogP contribution >= 0.6 is 0 Å². The standard InChI is InChI=1S/C16H26N4/c1-13-5-2-6-14(11-13)19-15-7-3-10-20(12-15)16-17-8-4-9-18-16/h4,8-9,13-15,19H,2-3,5-7,10-12H2,1H3. The van der Waals surface area contributed by atoms with Crippen molar-refractivity contribution in [2.24, 2.45) is 5.92 Å². The van der Waals surface area contributed by atoms with Crippen LogP contribution in [0.15, 0.2) is 18.5 Å². The lowest BCUT2D eigenvalue weighted by molar-refractivity contribution is 0.267. The zero-order valence-electron chi connectivity index (χ0n) is 12.5. The predicted octanol–water partition coefficient (Wildman–Crippen LogP) is 2.61. The zero-order valence-corrected chi connectivity index (χ0v) is 12.5. The number of anilines is 1. The second kappa shape index (κ2) is 6.53. The van der Waals surface area contributed by atoms with Gasteiger partial charge in [-0.15, -0.1) is 0 Å². The molecule has 0 aromatic carbocycles. The minimum Gasteiger partial charge on any atom is -0.339 e. The summed E-state index contributed by atoms with van der Waals surface area (Å²) < 4.78 is 0. The lowest BCUT2D eigenvalue weighted by atomic mass is 9.86. The highest BCUT2D eigenvalue weighted by Gasteiger charge is 2.25. The highest BCUT2D eigenvalue weighted by atomic mass is 15.3. The van der Waals surface area contributed by atoms with Crippen LogP contribution in [-0.2, 0) is 0 Å². The molecule has 0 bridgehead atoms. The van der Waals surface area contributed by atoms with Crippen molar-refractivity contribution in [3.8, 4) is 0 Å². The Hall–Kier alpha value is -1.16. The van der Waals surface area contributed by atoms with E-state index in [-0.39, 0.29) is 0 Å². The van der Waals surface area contributed by atoms with E-state index >= 15 is 0 Å². The molecule has 1 N–H and O–H groups in total. The fourth-order valence-electron chi connectivity index (χ4n) is 3.67. The Kier molecular flexibility index (Phi) is 4.51. The van der Waals surface area contributed by atoms with Gasteiger partial charge in [-0.1, -0.05) is 19.8 Å². The van der Waals surface area contributed by atoms with Crippen LogP contribution < -0.4 is 10.2 Å². The van der Waals surface area contributed by atoms with Gasteiger partial charge >= 0.3 is 0 Å². The summed E-state index contributed by atoms with van der Waals surface area (Å²) in [5.41, 5.74) is 0. The first kappa shape index (κ1) is 13.8. The van der Waals surface area contributed by atoms with Crippen molar-refractivity contribution in [2.45, 2.75) is 57.5 Å². The van der Waals surface area contributed by atoms with Crippen molar-refractivity contribution in [2.75, 3.05) is 18.0 Å². The molecule has 2 aliphatic rings. The van der Waals surface area contributed by atoms with Crippen molar-refractivity contribution in [1.29, 1.82) is 0 Å². The fourth-order valence-corrected chi connectivity index (χ4v) is 3.67. The first-order valence-corrected chi connectivity index (χ1v) is 8.09. The smallest absolute Gasteiger partial charge is 0.225 e. The minimum absolute atomic E-state index is 0.600. The molecule has 4 nitrogen and oxygen atoms in total. The van der Waals surface area contributed by atoms with Crippen molar-refractivity contribution >= 4 is 5.95 Å². The van der Waals surface area contributed by atoms with E-state index in [0.29, 0.717) is 6.04 Å². The lowest BCUT2D eigenvalue weighted by Crippen LogP contribution is -2.50. The third-order valence-electron chi connectivity index (χ3n) is 4.66. The molecule has 1 aliphatic carbocycles. The summed E-state index contributed by atoms with van der Waals surface area (Å²) in [6.45, 7) is 4.52. The van der Waals surface area contributed by atoms with Gasteiger partial charge in [0.1, 0.15) is 0 Å². The van der Waals surface area contributed by atoms with Crippen LogP contribution in [0.3, 0.4) is 0 Å². The molecule has 0 radical (unpaired) electrons. The summed E-state index contributed by atoms with van der Waals surface area (Å²) in [7, 11) is 0. The number of hydrogen-bond donors (Lipinski definition) is 1. The van der Waals surface area contributed by atoms with Gasteiger partial charge < -0.3 is 10.2 Å². The Bertz CT molecular complexity index is 408. The van der Waals surface area contributed by atoms with Crippen molar-refractivity contribution in [1.82, 2.24) is 15.3 Å². The molecule has 0 amide bonds. The van der Waals surface area contributed by atoms with Crippen LogP contribution in [0, 0.1) is 5.92 Å². The Morgan fingerprint density at radius 1 is 1.10 bits per heavy atom. The fraction of sp³-hybridized carbons (Fsp3) is 0.750. The topological polar surface area (TPSA) is 41.0 Å². The molecule has 1 saturated carbocycles. The van der Waals surface area contributed by atoms with Crippen molar-refractivity contribution in [3.05, 3.63) is 18.5 Å². The molecule has 110 valence electrons. The maximum atomic E-state index is 4.38. The summed E-state index contributed by atoms with van der Waals surface area (Å²) in [6.07, 6.45) is 11.7. The average Bonchev–Trinajstić information content (AvgIpc) is 2.48. The third-order valence-corrected chi connectivity index (χ3v) is 4.66. The van der Waals surface area contributed by atoms with Gasteiger partial charge in [0.2, 0.25) is 5.95 Å². The molecule has 1 saturated heterocycles. The number of rotatable bonds is 3. The normalized spacial score (nSPS) is 31.2. The summed E-state index contributed by atoms with van der Waals surface area (Å²) in [5.74, 6) is 1.77. The van der Waals surface area contributed by atoms with Gasteiger partial charge in [-0.05, 0) is 37.7 Å². The third kappa shape index (κ3) is 3.48. The predicted molar refractivity (Wildman–Crippen MR) is 81.8 cm³/mol. The molecular weight excluding hydrogens is 248 g/mol. The molecule has 1 aromatic rings. The molecule has 4 heteroatoms. The average molecular weight is 274 g/mol. The molecular formula is C16H26N4. The molecule has 2 heterocycles. The monoisotopic (exact) mass is 274 g/mol. The molecule has 1 aliphatic heterocycles. The number of nitrogens with zero attached hydrogens (tertiary/aromatic N) is 3. The number of hydrogen-bond acceptors (Lipinski definition) is 4. The zero-order chi connectivity index (χ0) is 13.8. The van der Waals surface area contributed by atoms with E-state index in [0.717, 1.165) is 31.0 Å². The molecule has 2 fully saturated rings. The maximum Gasteiger partial charge on any atom is 0.225 e. The van der Waals surface area contributed by atoms with Gasteiger partial charge in [0.25, 0.3) is 0 Å². The summed E-state index contributed by atoms with van der Waals surface area (Å²) in [4.78, 5) is 11.1. The molecule has 0 spiro atoms.